The van der Waals surface area contributed by atoms with E-state index in [1.165, 1.54) is 0 Å². The molecular formula is C7H12O10S. The van der Waals surface area contributed by atoms with Crippen LogP contribution in [0.4, 0.5) is 0 Å². The van der Waals surface area contributed by atoms with Crippen molar-refractivity contribution >= 4 is 16.4 Å². The second kappa shape index (κ2) is 5.44. The molecule has 1 saturated heterocycles. The smallest absolute Gasteiger partial charge is 0.397 e. The Hall–Kier alpha value is -0.820. The zero-order chi connectivity index (χ0) is 14.1. The van der Waals surface area contributed by atoms with Crippen molar-refractivity contribution in [3.05, 3.63) is 0 Å². The molecule has 0 aromatic rings. The molecule has 4 N–H and O–H groups in total. The van der Waals surface area contributed by atoms with Crippen molar-refractivity contribution in [1.82, 2.24) is 0 Å². The van der Waals surface area contributed by atoms with Crippen LogP contribution >= 0.6 is 0 Å². The predicted molar refractivity (Wildman–Crippen MR) is 51.7 cm³/mol. The second-order valence-corrected chi connectivity index (χ2v) is 4.51. The van der Waals surface area contributed by atoms with Crippen LogP contribution in [0.15, 0.2) is 0 Å². The Labute approximate surface area is 102 Å². The molecule has 0 saturated carbocycles. The number of ether oxygens (including phenoxy) is 2. The molecular weight excluding hydrogens is 276 g/mol. The van der Waals surface area contributed by atoms with Crippen molar-refractivity contribution in [3.8, 4) is 0 Å². The van der Waals surface area contributed by atoms with E-state index in [0.717, 1.165) is 7.11 Å². The summed E-state index contributed by atoms with van der Waals surface area (Å²) in [5.41, 5.74) is 0. The Morgan fingerprint density at radius 1 is 1.28 bits per heavy atom. The van der Waals surface area contributed by atoms with Crippen LogP contribution in [0.5, 0.6) is 0 Å². The Bertz CT molecular complexity index is 404. The SMILES string of the molecule is CO[C@@H]1C(C(=O)O)O[C@@H](O)[C@@H](OS(=O)(=O)O)C1O. The van der Waals surface area contributed by atoms with Crippen LogP contribution in [0.1, 0.15) is 0 Å². The Morgan fingerprint density at radius 2 is 1.83 bits per heavy atom. The number of carboxylic acids is 1. The summed E-state index contributed by atoms with van der Waals surface area (Å²) < 4.78 is 42.6. The van der Waals surface area contributed by atoms with Gasteiger partial charge in [-0.3, -0.25) is 4.55 Å². The molecule has 0 aliphatic carbocycles. The van der Waals surface area contributed by atoms with E-state index in [0.29, 0.717) is 0 Å². The zero-order valence-electron chi connectivity index (χ0n) is 9.03. The average molecular weight is 288 g/mol. The molecule has 5 atom stereocenters. The third-order valence-electron chi connectivity index (χ3n) is 2.29. The predicted octanol–water partition coefficient (Wildman–Crippen LogP) is -2.65. The molecule has 106 valence electrons. The molecule has 1 rings (SSSR count). The maximum Gasteiger partial charge on any atom is 0.397 e. The number of aliphatic hydroxyl groups is 2. The van der Waals surface area contributed by atoms with Gasteiger partial charge in [-0.2, -0.15) is 8.42 Å². The molecule has 1 aliphatic heterocycles. The van der Waals surface area contributed by atoms with Crippen LogP contribution in [0.25, 0.3) is 0 Å². The summed E-state index contributed by atoms with van der Waals surface area (Å²) in [6.07, 6.45) is -8.98. The lowest BCUT2D eigenvalue weighted by molar-refractivity contribution is -0.278. The van der Waals surface area contributed by atoms with Gasteiger partial charge in [-0.15, -0.1) is 0 Å². The summed E-state index contributed by atoms with van der Waals surface area (Å²) in [5.74, 6) is -1.52. The van der Waals surface area contributed by atoms with Crippen molar-refractivity contribution < 1.29 is 46.7 Å². The highest BCUT2D eigenvalue weighted by Gasteiger charge is 2.50. The highest BCUT2D eigenvalue weighted by atomic mass is 32.3. The van der Waals surface area contributed by atoms with Gasteiger partial charge in [0.05, 0.1) is 0 Å². The number of hydrogen-bond acceptors (Lipinski definition) is 8. The minimum absolute atomic E-state index is 1.05. The fourth-order valence-electron chi connectivity index (χ4n) is 1.55. The number of methoxy groups -OCH3 is 1. The standard InChI is InChI=1S/C7H12O10S/c1-15-3-2(8)4(17-18(12,13)14)7(11)16-5(3)6(9)10/h2-5,7-8,11H,1H3,(H,9,10)(H,12,13,14)/t2?,3-,4-,5?,7+/m0/s1. The van der Waals surface area contributed by atoms with E-state index in [1.807, 2.05) is 0 Å². The van der Waals surface area contributed by atoms with Gasteiger partial charge in [0.15, 0.2) is 18.5 Å². The van der Waals surface area contributed by atoms with E-state index >= 15 is 0 Å². The van der Waals surface area contributed by atoms with Gasteiger partial charge in [-0.1, -0.05) is 0 Å². The normalized spacial score (nSPS) is 37.4. The first-order chi connectivity index (χ1) is 8.17. The number of hydrogen-bond donors (Lipinski definition) is 4. The molecule has 0 bridgehead atoms. The molecule has 0 aromatic carbocycles. The topological polar surface area (TPSA) is 160 Å². The maximum absolute atomic E-state index is 10.8. The molecule has 11 heteroatoms. The van der Waals surface area contributed by atoms with Crippen molar-refractivity contribution in [2.75, 3.05) is 7.11 Å². The summed E-state index contributed by atoms with van der Waals surface area (Å²) in [6.45, 7) is 0. The molecule has 1 aliphatic rings. The Balaban J connectivity index is 2.94. The van der Waals surface area contributed by atoms with Gasteiger partial charge in [0.2, 0.25) is 0 Å². The summed E-state index contributed by atoms with van der Waals surface area (Å²) in [7, 11) is -3.91. The molecule has 0 spiro atoms. The van der Waals surface area contributed by atoms with Crippen LogP contribution in [0, 0.1) is 0 Å². The van der Waals surface area contributed by atoms with Gasteiger partial charge in [0.1, 0.15) is 12.2 Å². The summed E-state index contributed by atoms with van der Waals surface area (Å²) in [4.78, 5) is 10.8. The van der Waals surface area contributed by atoms with Crippen LogP contribution < -0.4 is 0 Å². The first kappa shape index (κ1) is 15.2. The molecule has 18 heavy (non-hydrogen) atoms. The summed E-state index contributed by atoms with van der Waals surface area (Å²) in [5, 5.41) is 27.7. The maximum atomic E-state index is 10.8. The number of aliphatic hydroxyl groups excluding tert-OH is 2. The van der Waals surface area contributed by atoms with Crippen LogP contribution in [-0.4, -0.2) is 72.1 Å². The Kier molecular flexibility index (Phi) is 4.61. The zero-order valence-corrected chi connectivity index (χ0v) is 9.85. The fourth-order valence-corrected chi connectivity index (χ4v) is 2.04. The number of carboxylic acid groups (broad SMARTS) is 1. The third-order valence-corrected chi connectivity index (χ3v) is 2.75. The van der Waals surface area contributed by atoms with Gasteiger partial charge in [-0.25, -0.2) is 8.98 Å². The van der Waals surface area contributed by atoms with E-state index in [-0.39, 0.29) is 0 Å². The Morgan fingerprint density at radius 3 is 2.22 bits per heavy atom. The molecule has 1 heterocycles. The van der Waals surface area contributed by atoms with Gasteiger partial charge >= 0.3 is 16.4 Å². The molecule has 1 fully saturated rings. The van der Waals surface area contributed by atoms with Gasteiger partial charge in [0, 0.05) is 7.11 Å². The van der Waals surface area contributed by atoms with Crippen LogP contribution in [0.3, 0.4) is 0 Å². The molecule has 10 nitrogen and oxygen atoms in total. The lowest BCUT2D eigenvalue weighted by Gasteiger charge is -2.39. The van der Waals surface area contributed by atoms with Crippen molar-refractivity contribution in [3.63, 3.8) is 0 Å². The van der Waals surface area contributed by atoms with Crippen LogP contribution in [-0.2, 0) is 28.9 Å². The summed E-state index contributed by atoms with van der Waals surface area (Å²) >= 11 is 0. The van der Waals surface area contributed by atoms with Crippen molar-refractivity contribution in [2.45, 2.75) is 30.7 Å². The monoisotopic (exact) mass is 288 g/mol. The molecule has 0 radical (unpaired) electrons. The first-order valence-electron chi connectivity index (χ1n) is 4.60. The van der Waals surface area contributed by atoms with E-state index in [2.05, 4.69) is 13.7 Å². The molecule has 0 aromatic heterocycles. The van der Waals surface area contributed by atoms with Crippen molar-refractivity contribution in [1.29, 1.82) is 0 Å². The average Bonchev–Trinajstić information content (AvgIpc) is 2.22. The quantitative estimate of drug-likeness (QED) is 0.402. The fraction of sp³-hybridized carbons (Fsp3) is 0.857. The lowest BCUT2D eigenvalue weighted by atomic mass is 9.99. The minimum Gasteiger partial charge on any atom is -0.479 e. The number of aliphatic carboxylic acids is 1. The van der Waals surface area contributed by atoms with E-state index in [9.17, 15) is 23.4 Å². The van der Waals surface area contributed by atoms with Crippen molar-refractivity contribution in [2.24, 2.45) is 0 Å². The van der Waals surface area contributed by atoms with E-state index in [1.54, 1.807) is 0 Å². The van der Waals surface area contributed by atoms with E-state index in [4.69, 9.17) is 9.66 Å². The molecule has 2 unspecified atom stereocenters. The van der Waals surface area contributed by atoms with Gasteiger partial charge < -0.3 is 24.8 Å². The largest absolute Gasteiger partial charge is 0.479 e. The lowest BCUT2D eigenvalue weighted by Crippen LogP contribution is -2.61. The van der Waals surface area contributed by atoms with Gasteiger partial charge in [-0.05, 0) is 0 Å². The molecule has 0 amide bonds. The summed E-state index contributed by atoms with van der Waals surface area (Å²) in [6, 6.07) is 0. The highest BCUT2D eigenvalue weighted by Crippen LogP contribution is 2.25. The third kappa shape index (κ3) is 3.35. The first-order valence-corrected chi connectivity index (χ1v) is 5.96. The number of rotatable bonds is 4. The highest BCUT2D eigenvalue weighted by molar-refractivity contribution is 7.80. The van der Waals surface area contributed by atoms with Crippen LogP contribution in [0.2, 0.25) is 0 Å². The van der Waals surface area contributed by atoms with E-state index < -0.39 is 47.1 Å². The number of carbonyl (C=O) groups is 1. The minimum atomic E-state index is -4.96. The van der Waals surface area contributed by atoms with Gasteiger partial charge in [0.25, 0.3) is 0 Å². The second-order valence-electron chi connectivity index (χ2n) is 3.46.